The maximum atomic E-state index is 12.3. The van der Waals surface area contributed by atoms with Crippen molar-refractivity contribution in [2.45, 2.75) is 39.7 Å². The summed E-state index contributed by atoms with van der Waals surface area (Å²) in [6.45, 7) is 5.30. The van der Waals surface area contributed by atoms with Gasteiger partial charge in [0, 0.05) is 11.3 Å². The van der Waals surface area contributed by atoms with Gasteiger partial charge < -0.3 is 14.8 Å². The number of amides is 1. The van der Waals surface area contributed by atoms with E-state index in [1.807, 2.05) is 26.0 Å². The third-order valence-electron chi connectivity index (χ3n) is 3.86. The van der Waals surface area contributed by atoms with Crippen LogP contribution < -0.4 is 10.1 Å². The Labute approximate surface area is 162 Å². The van der Waals surface area contributed by atoms with Crippen LogP contribution in [-0.2, 0) is 14.3 Å². The van der Waals surface area contributed by atoms with Crippen LogP contribution in [0.5, 0.6) is 5.75 Å². The number of hydrogen-bond donors (Lipinski definition) is 1. The molecule has 0 aliphatic heterocycles. The second kappa shape index (κ2) is 9.32. The highest BCUT2D eigenvalue weighted by Crippen LogP contribution is 2.25. The maximum absolute atomic E-state index is 12.3. The number of thiophene rings is 1. The summed E-state index contributed by atoms with van der Waals surface area (Å²) in [6, 6.07) is 9.00. The van der Waals surface area contributed by atoms with Crippen molar-refractivity contribution >= 4 is 34.7 Å². The van der Waals surface area contributed by atoms with Gasteiger partial charge in [-0.2, -0.15) is 0 Å². The Balaban J connectivity index is 1.85. The second-order valence-electron chi connectivity index (χ2n) is 6.16. The standard InChI is InChI=1S/C20H23NO5S/c1-12-5-8-17(25-4)15(11-12)21-20(24)14(3)26-19(23)10-7-16(22)18-9-6-13(2)27-18/h5-6,8-9,11,14H,7,10H2,1-4H3,(H,21,24)/t14-/m1/s1. The highest BCUT2D eigenvalue weighted by molar-refractivity contribution is 7.14. The molecule has 1 atom stereocenters. The molecular weight excluding hydrogens is 366 g/mol. The lowest BCUT2D eigenvalue weighted by atomic mass is 10.2. The van der Waals surface area contributed by atoms with Crippen molar-refractivity contribution in [3.63, 3.8) is 0 Å². The van der Waals surface area contributed by atoms with Crippen molar-refractivity contribution in [1.82, 2.24) is 0 Å². The molecule has 144 valence electrons. The number of anilines is 1. The summed E-state index contributed by atoms with van der Waals surface area (Å²) in [4.78, 5) is 37.9. The van der Waals surface area contributed by atoms with E-state index < -0.39 is 18.0 Å². The first kappa shape index (κ1) is 20.6. The molecule has 0 aliphatic rings. The number of esters is 1. The van der Waals surface area contributed by atoms with E-state index in [4.69, 9.17) is 9.47 Å². The molecule has 0 bridgehead atoms. The van der Waals surface area contributed by atoms with Crippen LogP contribution in [0.3, 0.4) is 0 Å². The van der Waals surface area contributed by atoms with Crippen LogP contribution in [-0.4, -0.2) is 30.9 Å². The predicted octanol–water partition coefficient (Wildman–Crippen LogP) is 3.91. The Morgan fingerprint density at radius 2 is 1.85 bits per heavy atom. The molecule has 0 unspecified atom stereocenters. The van der Waals surface area contributed by atoms with Gasteiger partial charge in [-0.25, -0.2) is 0 Å². The molecule has 0 saturated heterocycles. The molecule has 2 aromatic rings. The lowest BCUT2D eigenvalue weighted by molar-refractivity contribution is -0.153. The minimum Gasteiger partial charge on any atom is -0.495 e. The average Bonchev–Trinajstić information content (AvgIpc) is 3.06. The molecular formula is C20H23NO5S. The van der Waals surface area contributed by atoms with Crippen molar-refractivity contribution in [3.05, 3.63) is 45.6 Å². The highest BCUT2D eigenvalue weighted by Gasteiger charge is 2.20. The highest BCUT2D eigenvalue weighted by atomic mass is 32.1. The lowest BCUT2D eigenvalue weighted by Crippen LogP contribution is -2.30. The summed E-state index contributed by atoms with van der Waals surface area (Å²) in [5.41, 5.74) is 1.46. The Kier molecular flexibility index (Phi) is 7.12. The topological polar surface area (TPSA) is 81.7 Å². The second-order valence-corrected chi connectivity index (χ2v) is 7.45. The van der Waals surface area contributed by atoms with Crippen molar-refractivity contribution in [2.24, 2.45) is 0 Å². The van der Waals surface area contributed by atoms with Crippen LogP contribution >= 0.6 is 11.3 Å². The number of rotatable bonds is 8. The number of aryl methyl sites for hydroxylation is 2. The summed E-state index contributed by atoms with van der Waals surface area (Å²) in [7, 11) is 1.51. The zero-order chi connectivity index (χ0) is 20.0. The third-order valence-corrected chi connectivity index (χ3v) is 4.90. The number of methoxy groups -OCH3 is 1. The first-order valence-electron chi connectivity index (χ1n) is 8.54. The molecule has 1 heterocycles. The van der Waals surface area contributed by atoms with Crippen LogP contribution in [0.4, 0.5) is 5.69 Å². The molecule has 2 rings (SSSR count). The maximum Gasteiger partial charge on any atom is 0.307 e. The van der Waals surface area contributed by atoms with Crippen LogP contribution in [0.15, 0.2) is 30.3 Å². The van der Waals surface area contributed by atoms with E-state index in [2.05, 4.69) is 5.32 Å². The fourth-order valence-electron chi connectivity index (χ4n) is 2.39. The van der Waals surface area contributed by atoms with Gasteiger partial charge in [0.1, 0.15) is 5.75 Å². The Morgan fingerprint density at radius 1 is 1.11 bits per heavy atom. The van der Waals surface area contributed by atoms with Gasteiger partial charge in [-0.15, -0.1) is 11.3 Å². The molecule has 6 nitrogen and oxygen atoms in total. The Morgan fingerprint density at radius 3 is 2.48 bits per heavy atom. The molecule has 0 fully saturated rings. The van der Waals surface area contributed by atoms with Gasteiger partial charge in [-0.05, 0) is 50.6 Å². The molecule has 27 heavy (non-hydrogen) atoms. The number of carbonyl (C=O) groups is 3. The lowest BCUT2D eigenvalue weighted by Gasteiger charge is -2.15. The molecule has 1 aromatic heterocycles. The minimum absolute atomic E-state index is 0.0544. The first-order chi connectivity index (χ1) is 12.8. The van der Waals surface area contributed by atoms with Crippen LogP contribution in [0.25, 0.3) is 0 Å². The SMILES string of the molecule is COc1ccc(C)cc1NC(=O)[C@@H](C)OC(=O)CCC(=O)c1ccc(C)s1. The first-order valence-corrected chi connectivity index (χ1v) is 9.36. The third kappa shape index (κ3) is 5.92. The van der Waals surface area contributed by atoms with Gasteiger partial charge in [0.15, 0.2) is 11.9 Å². The Bertz CT molecular complexity index is 843. The van der Waals surface area contributed by atoms with E-state index in [0.29, 0.717) is 16.3 Å². The number of nitrogens with one attached hydrogen (secondary N) is 1. The minimum atomic E-state index is -0.984. The van der Waals surface area contributed by atoms with E-state index in [9.17, 15) is 14.4 Å². The molecule has 0 radical (unpaired) electrons. The fraction of sp³-hybridized carbons (Fsp3) is 0.350. The fourth-order valence-corrected chi connectivity index (χ4v) is 3.22. The van der Waals surface area contributed by atoms with Crippen LogP contribution in [0.1, 0.15) is 39.9 Å². The quantitative estimate of drug-likeness (QED) is 0.547. The zero-order valence-corrected chi connectivity index (χ0v) is 16.6. The number of ketones is 1. The Hall–Kier alpha value is -2.67. The van der Waals surface area contributed by atoms with Gasteiger partial charge in [0.25, 0.3) is 5.91 Å². The van der Waals surface area contributed by atoms with E-state index in [0.717, 1.165) is 10.4 Å². The molecule has 0 spiro atoms. The van der Waals surface area contributed by atoms with E-state index >= 15 is 0 Å². The molecule has 7 heteroatoms. The smallest absolute Gasteiger partial charge is 0.307 e. The van der Waals surface area contributed by atoms with Crippen LogP contribution in [0, 0.1) is 13.8 Å². The molecule has 0 aliphatic carbocycles. The van der Waals surface area contributed by atoms with Gasteiger partial charge in [-0.3, -0.25) is 14.4 Å². The van der Waals surface area contributed by atoms with Gasteiger partial charge >= 0.3 is 5.97 Å². The number of Topliss-reactive ketones (excluding diaryl/α,β-unsaturated/α-hetero) is 1. The van der Waals surface area contributed by atoms with Crippen molar-refractivity contribution in [2.75, 3.05) is 12.4 Å². The molecule has 1 amide bonds. The zero-order valence-electron chi connectivity index (χ0n) is 15.8. The van der Waals surface area contributed by atoms with E-state index in [1.54, 1.807) is 18.2 Å². The summed E-state index contributed by atoms with van der Waals surface area (Å²) in [5, 5.41) is 2.69. The predicted molar refractivity (Wildman–Crippen MR) is 105 cm³/mol. The number of carbonyl (C=O) groups excluding carboxylic acids is 3. The molecule has 1 aromatic carbocycles. The summed E-state index contributed by atoms with van der Waals surface area (Å²) >= 11 is 1.39. The van der Waals surface area contributed by atoms with Crippen molar-refractivity contribution < 1.29 is 23.9 Å². The molecule has 1 N–H and O–H groups in total. The number of ether oxygens (including phenoxy) is 2. The van der Waals surface area contributed by atoms with Crippen molar-refractivity contribution in [3.8, 4) is 5.75 Å². The summed E-state index contributed by atoms with van der Waals surface area (Å²) in [6.07, 6.45) is -0.998. The number of hydrogen-bond acceptors (Lipinski definition) is 6. The summed E-state index contributed by atoms with van der Waals surface area (Å²) < 4.78 is 10.4. The van der Waals surface area contributed by atoms with Gasteiger partial charge in [0.2, 0.25) is 0 Å². The monoisotopic (exact) mass is 389 g/mol. The summed E-state index contributed by atoms with van der Waals surface area (Å²) in [5.74, 6) is -0.640. The van der Waals surface area contributed by atoms with Gasteiger partial charge in [0.05, 0.1) is 24.1 Å². The average molecular weight is 389 g/mol. The largest absolute Gasteiger partial charge is 0.495 e. The van der Waals surface area contributed by atoms with Gasteiger partial charge in [-0.1, -0.05) is 6.07 Å². The van der Waals surface area contributed by atoms with E-state index in [1.165, 1.54) is 25.4 Å². The van der Waals surface area contributed by atoms with E-state index in [-0.39, 0.29) is 18.6 Å². The number of benzene rings is 1. The van der Waals surface area contributed by atoms with Crippen LogP contribution in [0.2, 0.25) is 0 Å². The van der Waals surface area contributed by atoms with Crippen molar-refractivity contribution in [1.29, 1.82) is 0 Å². The normalized spacial score (nSPS) is 11.6. The molecule has 0 saturated carbocycles.